The van der Waals surface area contributed by atoms with E-state index in [0.717, 1.165) is 81.0 Å². The van der Waals surface area contributed by atoms with Crippen LogP contribution in [0.3, 0.4) is 0 Å². The van der Waals surface area contributed by atoms with E-state index in [2.05, 4.69) is 107 Å². The fraction of sp³-hybridized carbons (Fsp3) is 0.301. The zero-order valence-corrected chi connectivity index (χ0v) is 81.6. The smallest absolute Gasteiger partial charge is 0.363 e. The molecule has 10 heterocycles. The van der Waals surface area contributed by atoms with Crippen LogP contribution in [0.5, 0.6) is 29.0 Å². The van der Waals surface area contributed by atoms with Gasteiger partial charge in [-0.05, 0) is 162 Å². The summed E-state index contributed by atoms with van der Waals surface area (Å²) in [4.78, 5) is 93.3. The van der Waals surface area contributed by atoms with Crippen molar-refractivity contribution in [3.63, 3.8) is 0 Å². The fourth-order valence-corrected chi connectivity index (χ4v) is 18.8. The van der Waals surface area contributed by atoms with Crippen molar-refractivity contribution in [3.8, 4) is 60.7 Å². The van der Waals surface area contributed by atoms with Crippen molar-refractivity contribution in [1.29, 1.82) is 0 Å². The quantitative estimate of drug-likeness (QED) is 0.0235. The van der Waals surface area contributed by atoms with Gasteiger partial charge >= 0.3 is 22.8 Å². The molecule has 18 rings (SSSR count). The van der Waals surface area contributed by atoms with E-state index in [1.807, 2.05) is 164 Å². The molecule has 3 N–H and O–H groups in total. The number of aromatic hydroxyl groups is 2. The third kappa shape index (κ3) is 24.5. The minimum absolute atomic E-state index is 0.00217. The number of hydrogen-bond acceptors (Lipinski definition) is 35. The summed E-state index contributed by atoms with van der Waals surface area (Å²) in [5.74, 6) is -1.86. The van der Waals surface area contributed by atoms with Crippen LogP contribution >= 0.6 is 34.0 Å². The van der Waals surface area contributed by atoms with Crippen LogP contribution < -0.4 is 55.9 Å². The number of carbonyl (C=O) groups is 2. The number of para-hydroxylation sites is 3. The maximum absolute atomic E-state index is 14.4. The molecule has 10 aromatic heterocycles. The topological polar surface area (TPSA) is 415 Å². The highest BCUT2D eigenvalue weighted by molar-refractivity contribution is 7.22. The molecule has 37 nitrogen and oxygen atoms in total. The number of anilines is 3. The Morgan fingerprint density at radius 1 is 0.392 bits per heavy atom. The molecular formula is C103H103N17O20S3. The minimum Gasteiger partial charge on any atom is -0.492 e. The fourth-order valence-electron chi connectivity index (χ4n) is 15.8. The number of amides is 1. The number of hydrogen-bond donors (Lipinski definition) is 3. The lowest BCUT2D eigenvalue weighted by molar-refractivity contribution is 0.0282. The molecule has 143 heavy (non-hydrogen) atoms. The Labute approximate surface area is 829 Å². The monoisotopic (exact) mass is 1990 g/mol. The molecule has 18 aromatic rings. The van der Waals surface area contributed by atoms with Crippen molar-refractivity contribution in [2.75, 3.05) is 114 Å². The number of fused-ring (bicyclic) bond motifs is 6. The summed E-state index contributed by atoms with van der Waals surface area (Å²) in [6.45, 7) is 17.6. The van der Waals surface area contributed by atoms with Gasteiger partial charge in [-0.25, -0.2) is 48.2 Å². The van der Waals surface area contributed by atoms with Gasteiger partial charge in [0.25, 0.3) is 5.91 Å². The minimum atomic E-state index is -0.857. The third-order valence-electron chi connectivity index (χ3n) is 23.2. The number of benzene rings is 8. The van der Waals surface area contributed by atoms with Gasteiger partial charge in [0.2, 0.25) is 17.5 Å². The maximum atomic E-state index is 14.4. The van der Waals surface area contributed by atoms with Gasteiger partial charge in [0.1, 0.15) is 68.7 Å². The van der Waals surface area contributed by atoms with E-state index >= 15 is 0 Å². The molecule has 0 bridgehead atoms. The highest BCUT2D eigenvalue weighted by atomic mass is 32.1. The maximum Gasteiger partial charge on any atom is 0.363 e. The van der Waals surface area contributed by atoms with Gasteiger partial charge in [-0.15, -0.1) is 54.0 Å². The molecule has 0 radical (unpaired) electrons. The summed E-state index contributed by atoms with van der Waals surface area (Å²) in [6.07, 6.45) is 5.63. The Morgan fingerprint density at radius 2 is 0.734 bits per heavy atom. The molecule has 738 valence electrons. The summed E-state index contributed by atoms with van der Waals surface area (Å²) in [5, 5.41) is 53.8. The first-order valence-corrected chi connectivity index (χ1v) is 49.1. The molecule has 8 aromatic carbocycles. The van der Waals surface area contributed by atoms with Gasteiger partial charge in [0, 0.05) is 93.8 Å². The van der Waals surface area contributed by atoms with E-state index in [1.165, 1.54) is 70.4 Å². The molecule has 0 aliphatic heterocycles. The molecule has 0 fully saturated rings. The second-order valence-corrected chi connectivity index (χ2v) is 37.3. The highest BCUT2D eigenvalue weighted by Gasteiger charge is 2.26. The van der Waals surface area contributed by atoms with Crippen molar-refractivity contribution in [1.82, 2.24) is 70.0 Å². The van der Waals surface area contributed by atoms with E-state index < -0.39 is 40.5 Å². The standard InChI is InChI=1S/C103H103N17O20S3/c1-64(2)117(76-26-23-69-49-79(101(125)137-85(69)54-76)97-105-82-13-7-10-16-90(82)141-97)61-73-58-114(111-108-73)31-34-128-37-40-131-43-46-134-88-52-72(96(123)104-57-67-19-21-68(22-20-67)100(124)140-120-93(121)29-30-94(120)122)53-89(135-47-44-132-41-38-129-35-32-115-59-74(109-112-115)62-118(65(3)4)77-27-24-70-50-80(102(126)138-86(70)55-77)98-106-83-14-8-11-17-91(83)142-98)95(88)136-48-45-133-42-39-130-36-33-116-60-75(110-113-116)63-119(66(5)6)78-28-25-71-51-81(103(127)139-87(71)56-78)99-107-84-15-9-12-18-92(84)143-99/h7-30,49-56,58-60,64-66,121-122H,31-48,57,61-63H2,1-6H3,(H,104,123). The van der Waals surface area contributed by atoms with Crippen LogP contribution in [0.1, 0.15) is 84.9 Å². The van der Waals surface area contributed by atoms with Gasteiger partial charge in [0.15, 0.2) is 11.5 Å². The Kier molecular flexibility index (Phi) is 31.6. The second-order valence-electron chi connectivity index (χ2n) is 34.2. The third-order valence-corrected chi connectivity index (χ3v) is 26.4. The van der Waals surface area contributed by atoms with Crippen molar-refractivity contribution in [3.05, 3.63) is 278 Å². The normalized spacial score (nSPS) is 11.8. The Hall–Kier alpha value is -15.1. The lowest BCUT2D eigenvalue weighted by Gasteiger charge is -2.28. The van der Waals surface area contributed by atoms with Crippen LogP contribution in [0.25, 0.3) is 95.3 Å². The summed E-state index contributed by atoms with van der Waals surface area (Å²) in [6, 6.07) is 58.0. The molecule has 1 amide bonds. The van der Waals surface area contributed by atoms with Gasteiger partial charge in [-0.3, -0.25) is 4.79 Å². The van der Waals surface area contributed by atoms with E-state index in [-0.39, 0.29) is 132 Å². The molecular weight excluding hydrogens is 1890 g/mol. The lowest BCUT2D eigenvalue weighted by atomic mass is 10.1. The number of rotatable bonds is 50. The molecule has 40 heteroatoms. The highest BCUT2D eigenvalue weighted by Crippen LogP contribution is 2.41. The Balaban J connectivity index is 0.489. The Morgan fingerprint density at radius 3 is 1.09 bits per heavy atom. The Bertz CT molecular complexity index is 7290. The largest absolute Gasteiger partial charge is 0.492 e. The van der Waals surface area contributed by atoms with Gasteiger partial charge in [-0.1, -0.05) is 64.2 Å². The molecule has 0 atom stereocenters. The zero-order chi connectivity index (χ0) is 98.8. The molecule has 0 unspecified atom stereocenters. The van der Waals surface area contributed by atoms with E-state index in [1.54, 1.807) is 26.2 Å². The first kappa shape index (κ1) is 98.1. The average Bonchev–Trinajstić information content (AvgIpc) is 1.69. The van der Waals surface area contributed by atoms with E-state index in [0.29, 0.717) is 118 Å². The van der Waals surface area contributed by atoms with Crippen LogP contribution in [0.2, 0.25) is 0 Å². The van der Waals surface area contributed by atoms with Gasteiger partial charge in [-0.2, -0.15) is 0 Å². The number of carbonyl (C=O) groups excluding carboxylic acids is 2. The average molecular weight is 2000 g/mol. The number of aromatic nitrogens is 13. The van der Waals surface area contributed by atoms with E-state index in [9.17, 15) is 34.2 Å². The molecule has 0 spiro atoms. The number of nitrogens with zero attached hydrogens (tertiary/aromatic N) is 16. The van der Waals surface area contributed by atoms with E-state index in [4.69, 9.17) is 60.7 Å². The molecule has 0 aliphatic carbocycles. The van der Waals surface area contributed by atoms with Crippen LogP contribution in [0, 0.1) is 0 Å². The molecule has 0 saturated heterocycles. The van der Waals surface area contributed by atoms with Crippen LogP contribution in [0.15, 0.2) is 240 Å². The number of ether oxygens (including phenoxy) is 9. The molecule has 0 aliphatic rings. The summed E-state index contributed by atoms with van der Waals surface area (Å²) < 4.78 is 81.9. The molecule has 0 saturated carbocycles. The number of thiazole rings is 3. The van der Waals surface area contributed by atoms with Crippen LogP contribution in [-0.4, -0.2) is 204 Å². The summed E-state index contributed by atoms with van der Waals surface area (Å²) >= 11 is 4.35. The lowest BCUT2D eigenvalue weighted by Crippen LogP contribution is -2.30. The predicted octanol–water partition coefficient (Wildman–Crippen LogP) is 15.6. The van der Waals surface area contributed by atoms with Gasteiger partial charge in [0.05, 0.1) is 190 Å². The van der Waals surface area contributed by atoms with Gasteiger partial charge < -0.3 is 91.0 Å². The van der Waals surface area contributed by atoms with Crippen molar-refractivity contribution < 1.29 is 80.5 Å². The zero-order valence-electron chi connectivity index (χ0n) is 79.1. The SMILES string of the molecule is CC(C)N(Cc1cn(CCOCCOCCOc2cc(C(=O)NCc3ccc(C(=O)On4c(O)ccc4O)cc3)cc(OCCOCCOCCn3cc(CN(c4ccc5cc(-c6nc7ccccc7s6)c(=O)oc5c4)C(C)C)nn3)c2OCCOCCOCCn2cc(CN(c3ccc4cc(-c5nc6ccccc6s5)c(=O)oc4c3)C(C)C)nn2)nn1)c1ccc2cc(-c3nc4ccccc4s3)c(=O)oc2c1. The predicted molar refractivity (Wildman–Crippen MR) is 541 cm³/mol. The summed E-state index contributed by atoms with van der Waals surface area (Å²) in [5.41, 5.74) is 9.31. The summed E-state index contributed by atoms with van der Waals surface area (Å²) in [7, 11) is 0. The first-order valence-electron chi connectivity index (χ1n) is 46.7. The van der Waals surface area contributed by atoms with Crippen LogP contribution in [-0.2, 0) is 74.2 Å². The first-order chi connectivity index (χ1) is 69.7. The second kappa shape index (κ2) is 46.1. The van der Waals surface area contributed by atoms with Crippen molar-refractivity contribution in [2.24, 2.45) is 0 Å². The van der Waals surface area contributed by atoms with Crippen LogP contribution in [0.4, 0.5) is 17.1 Å². The number of nitrogens with one attached hydrogen (secondary N) is 1. The van der Waals surface area contributed by atoms with Crippen molar-refractivity contribution in [2.45, 2.75) is 105 Å². The van der Waals surface area contributed by atoms with Crippen molar-refractivity contribution >= 4 is 127 Å².